The smallest absolute Gasteiger partial charge is 0.253 e. The summed E-state index contributed by atoms with van der Waals surface area (Å²) in [5.41, 5.74) is 1.02. The fraction of sp³-hybridized carbons (Fsp3) is 0.100. The number of fused-ring (bicyclic) bond motifs is 1. The van der Waals surface area contributed by atoms with Gasteiger partial charge in [0.1, 0.15) is 6.17 Å². The van der Waals surface area contributed by atoms with Gasteiger partial charge in [0.2, 0.25) is 3.79 Å². The largest absolute Gasteiger partial charge is 0.339 e. The number of alkyl halides is 3. The van der Waals surface area contributed by atoms with Gasteiger partial charge in [0.05, 0.1) is 10.0 Å². The Labute approximate surface area is 203 Å². The number of thiocarbonyl (C=S) groups is 1. The SMILES string of the molecule is O=C(NC(NC(=S)Nc1ccc(Cl)c(Cl)c1)C(Cl)(Cl)Cl)c1cccc2ccccc12. The second kappa shape index (κ2) is 9.77. The summed E-state index contributed by atoms with van der Waals surface area (Å²) >= 11 is 35.4. The first-order valence-corrected chi connectivity index (χ1v) is 10.8. The lowest BCUT2D eigenvalue weighted by atomic mass is 10.0. The molecule has 3 aromatic rings. The van der Waals surface area contributed by atoms with Crippen LogP contribution in [0.4, 0.5) is 5.69 Å². The molecule has 1 atom stereocenters. The van der Waals surface area contributed by atoms with E-state index in [1.165, 1.54) is 0 Å². The van der Waals surface area contributed by atoms with E-state index in [0.29, 0.717) is 21.3 Å². The molecule has 0 spiro atoms. The molecule has 4 nitrogen and oxygen atoms in total. The lowest BCUT2D eigenvalue weighted by molar-refractivity contribution is 0.0936. The number of hydrogen-bond donors (Lipinski definition) is 3. The van der Waals surface area contributed by atoms with Crippen LogP contribution in [0.15, 0.2) is 60.7 Å². The van der Waals surface area contributed by atoms with Gasteiger partial charge in [-0.15, -0.1) is 0 Å². The number of carbonyl (C=O) groups excluding carboxylic acids is 1. The third kappa shape index (κ3) is 5.82. The molecule has 0 saturated heterocycles. The van der Waals surface area contributed by atoms with Crippen LogP contribution in [0.3, 0.4) is 0 Å². The van der Waals surface area contributed by atoms with E-state index >= 15 is 0 Å². The van der Waals surface area contributed by atoms with Crippen molar-refractivity contribution < 1.29 is 4.79 Å². The van der Waals surface area contributed by atoms with Gasteiger partial charge in [0, 0.05) is 11.3 Å². The molecular formula is C20H14Cl5N3OS. The first-order valence-electron chi connectivity index (χ1n) is 8.53. The zero-order valence-corrected chi connectivity index (χ0v) is 19.7. The molecule has 3 rings (SSSR count). The number of rotatable bonds is 4. The predicted octanol–water partition coefficient (Wildman–Crippen LogP) is 6.56. The van der Waals surface area contributed by atoms with Gasteiger partial charge < -0.3 is 16.0 Å². The Morgan fingerprint density at radius 2 is 1.60 bits per heavy atom. The zero-order chi connectivity index (χ0) is 21.9. The van der Waals surface area contributed by atoms with Crippen LogP contribution in [0.5, 0.6) is 0 Å². The van der Waals surface area contributed by atoms with Gasteiger partial charge in [0.25, 0.3) is 5.91 Å². The molecule has 0 bridgehead atoms. The van der Waals surface area contributed by atoms with Crippen LogP contribution in [0.2, 0.25) is 10.0 Å². The quantitative estimate of drug-likeness (QED) is 0.207. The summed E-state index contributed by atoms with van der Waals surface area (Å²) in [5.74, 6) is -0.423. The highest BCUT2D eigenvalue weighted by molar-refractivity contribution is 7.80. The summed E-state index contributed by atoms with van der Waals surface area (Å²) in [6.45, 7) is 0. The Balaban J connectivity index is 1.76. The highest BCUT2D eigenvalue weighted by Gasteiger charge is 2.35. The molecule has 10 heteroatoms. The maximum Gasteiger partial charge on any atom is 0.253 e. The van der Waals surface area contributed by atoms with Gasteiger partial charge in [-0.3, -0.25) is 4.79 Å². The first-order chi connectivity index (χ1) is 14.1. The number of halogens is 5. The summed E-state index contributed by atoms with van der Waals surface area (Å²) in [5, 5.41) is 11.0. The summed E-state index contributed by atoms with van der Waals surface area (Å²) in [4.78, 5) is 12.9. The van der Waals surface area contributed by atoms with Crippen molar-refractivity contribution in [3.8, 4) is 0 Å². The van der Waals surface area contributed by atoms with Gasteiger partial charge in [-0.2, -0.15) is 0 Å². The second-order valence-corrected chi connectivity index (χ2v) is 9.79. The Morgan fingerprint density at radius 1 is 0.900 bits per heavy atom. The molecule has 156 valence electrons. The predicted molar refractivity (Wildman–Crippen MR) is 131 cm³/mol. The Morgan fingerprint density at radius 3 is 2.30 bits per heavy atom. The van der Waals surface area contributed by atoms with E-state index in [4.69, 9.17) is 70.2 Å². The summed E-state index contributed by atoms with van der Waals surface area (Å²) in [6.07, 6.45) is -1.11. The van der Waals surface area contributed by atoms with E-state index in [0.717, 1.165) is 10.8 Å². The second-order valence-electron chi connectivity index (χ2n) is 6.20. The Kier molecular flexibility index (Phi) is 7.56. The normalized spacial score (nSPS) is 12.3. The Hall–Kier alpha value is -1.47. The molecule has 1 amide bonds. The van der Waals surface area contributed by atoms with E-state index < -0.39 is 15.9 Å². The molecule has 0 heterocycles. The van der Waals surface area contributed by atoms with Crippen molar-refractivity contribution in [1.82, 2.24) is 10.6 Å². The van der Waals surface area contributed by atoms with Gasteiger partial charge in [-0.05, 0) is 47.3 Å². The van der Waals surface area contributed by atoms with Crippen molar-refractivity contribution in [3.05, 3.63) is 76.3 Å². The molecule has 0 saturated carbocycles. The van der Waals surface area contributed by atoms with Gasteiger partial charge in [-0.25, -0.2) is 0 Å². The topological polar surface area (TPSA) is 53.2 Å². The van der Waals surface area contributed by atoms with Crippen LogP contribution < -0.4 is 16.0 Å². The fourth-order valence-electron chi connectivity index (χ4n) is 2.70. The van der Waals surface area contributed by atoms with E-state index in [1.54, 1.807) is 30.3 Å². The molecule has 0 aliphatic rings. The zero-order valence-electron chi connectivity index (χ0n) is 15.1. The molecule has 3 N–H and O–H groups in total. The van der Waals surface area contributed by atoms with Crippen LogP contribution in [0, 0.1) is 0 Å². The molecule has 0 aromatic heterocycles. The number of amides is 1. The van der Waals surface area contributed by atoms with Crippen molar-refractivity contribution in [2.24, 2.45) is 0 Å². The third-order valence-electron chi connectivity index (χ3n) is 4.09. The standard InChI is InChI=1S/C20H14Cl5N3OS/c21-15-9-8-12(10-16(15)22)26-19(30)28-18(20(23,24)25)27-17(29)14-7-3-5-11-4-1-2-6-13(11)14/h1-10,18H,(H,27,29)(H2,26,28,30). The molecule has 30 heavy (non-hydrogen) atoms. The fourth-order valence-corrected chi connectivity index (χ4v) is 3.57. The molecule has 0 aliphatic heterocycles. The average Bonchev–Trinajstić information content (AvgIpc) is 2.69. The van der Waals surface area contributed by atoms with Crippen molar-refractivity contribution in [1.29, 1.82) is 0 Å². The minimum Gasteiger partial charge on any atom is -0.339 e. The first kappa shape index (κ1) is 23.2. The van der Waals surface area contributed by atoms with Gasteiger partial charge in [-0.1, -0.05) is 94.4 Å². The summed E-state index contributed by atoms with van der Waals surface area (Å²) in [7, 11) is 0. The molecule has 1 unspecified atom stereocenters. The van der Waals surface area contributed by atoms with E-state index in [-0.39, 0.29) is 5.11 Å². The third-order valence-corrected chi connectivity index (χ3v) is 5.70. The maximum absolute atomic E-state index is 12.9. The van der Waals surface area contributed by atoms with Crippen LogP contribution in [0.1, 0.15) is 10.4 Å². The van der Waals surface area contributed by atoms with Gasteiger partial charge in [0.15, 0.2) is 5.11 Å². The number of anilines is 1. The highest BCUT2D eigenvalue weighted by Crippen LogP contribution is 2.30. The number of nitrogens with one attached hydrogen (secondary N) is 3. The van der Waals surface area contributed by atoms with Crippen molar-refractivity contribution in [2.75, 3.05) is 5.32 Å². The number of hydrogen-bond acceptors (Lipinski definition) is 2. The average molecular weight is 522 g/mol. The van der Waals surface area contributed by atoms with E-state index in [1.807, 2.05) is 30.3 Å². The Bertz CT molecular complexity index is 1100. The minimum atomic E-state index is -1.89. The monoisotopic (exact) mass is 519 g/mol. The summed E-state index contributed by atoms with van der Waals surface area (Å²) < 4.78 is -1.89. The molecule has 0 aliphatic carbocycles. The molecular weight excluding hydrogens is 508 g/mol. The number of carbonyl (C=O) groups is 1. The lowest BCUT2D eigenvalue weighted by Crippen LogP contribution is -2.56. The van der Waals surface area contributed by atoms with Crippen LogP contribution >= 0.6 is 70.2 Å². The maximum atomic E-state index is 12.9. The minimum absolute atomic E-state index is 0.114. The van der Waals surface area contributed by atoms with E-state index in [9.17, 15) is 4.79 Å². The van der Waals surface area contributed by atoms with E-state index in [2.05, 4.69) is 16.0 Å². The molecule has 0 fully saturated rings. The highest BCUT2D eigenvalue weighted by atomic mass is 35.6. The number of benzene rings is 3. The van der Waals surface area contributed by atoms with Crippen molar-refractivity contribution in [2.45, 2.75) is 9.96 Å². The van der Waals surface area contributed by atoms with Crippen molar-refractivity contribution in [3.63, 3.8) is 0 Å². The van der Waals surface area contributed by atoms with Gasteiger partial charge >= 0.3 is 0 Å². The molecule has 0 radical (unpaired) electrons. The van der Waals surface area contributed by atoms with Crippen LogP contribution in [-0.4, -0.2) is 21.0 Å². The van der Waals surface area contributed by atoms with Crippen molar-refractivity contribution >= 4 is 97.7 Å². The van der Waals surface area contributed by atoms with Crippen LogP contribution in [0.25, 0.3) is 10.8 Å². The lowest BCUT2D eigenvalue weighted by Gasteiger charge is -2.28. The summed E-state index contributed by atoms with van der Waals surface area (Å²) in [6, 6.07) is 17.8. The van der Waals surface area contributed by atoms with Crippen LogP contribution in [-0.2, 0) is 0 Å². The molecule has 3 aromatic carbocycles.